The van der Waals surface area contributed by atoms with Crippen molar-refractivity contribution in [3.05, 3.63) is 83.3 Å². The molecule has 1 saturated carbocycles. The van der Waals surface area contributed by atoms with Crippen LogP contribution < -0.4 is 15.4 Å². The van der Waals surface area contributed by atoms with Crippen LogP contribution in [0.3, 0.4) is 0 Å². The van der Waals surface area contributed by atoms with E-state index in [2.05, 4.69) is 29.5 Å². The fraction of sp³-hybridized carbons (Fsp3) is 0.500. The number of fused-ring (bicyclic) bond motifs is 1. The van der Waals surface area contributed by atoms with Gasteiger partial charge in [0.05, 0.1) is 41.9 Å². The number of halogens is 3. The second kappa shape index (κ2) is 21.0. The number of aromatic nitrogens is 2. The zero-order valence-electron chi connectivity index (χ0n) is 34.6. The van der Waals surface area contributed by atoms with Crippen LogP contribution in [0.2, 0.25) is 5.02 Å². The van der Waals surface area contributed by atoms with Crippen molar-refractivity contribution in [1.29, 1.82) is 0 Å². The molecule has 3 aromatic carbocycles. The lowest BCUT2D eigenvalue weighted by atomic mass is 9.80. The number of carboxylic acid groups (broad SMARTS) is 1. The van der Waals surface area contributed by atoms with Gasteiger partial charge in [0.25, 0.3) is 0 Å². The van der Waals surface area contributed by atoms with Gasteiger partial charge in [-0.15, -0.1) is 11.6 Å². The van der Waals surface area contributed by atoms with Gasteiger partial charge in [-0.25, -0.2) is 4.39 Å². The summed E-state index contributed by atoms with van der Waals surface area (Å²) in [6, 6.07) is 15.1. The molecule has 10 nitrogen and oxygen atoms in total. The highest BCUT2D eigenvalue weighted by Gasteiger charge is 2.27. The van der Waals surface area contributed by atoms with Crippen LogP contribution in [0.4, 0.5) is 4.39 Å². The number of alkyl halides is 1. The van der Waals surface area contributed by atoms with Crippen LogP contribution in [-0.2, 0) is 27.4 Å². The summed E-state index contributed by atoms with van der Waals surface area (Å²) in [5.41, 5.74) is 4.37. The molecule has 1 aliphatic heterocycles. The smallest absolute Gasteiger partial charge is 0.303 e. The molecule has 2 heterocycles. The second-order valence-corrected chi connectivity index (χ2v) is 17.2. The third kappa shape index (κ3) is 11.4. The van der Waals surface area contributed by atoms with Gasteiger partial charge in [-0.1, -0.05) is 61.0 Å². The van der Waals surface area contributed by atoms with Crippen molar-refractivity contribution in [3.63, 3.8) is 0 Å². The lowest BCUT2D eigenvalue weighted by Crippen LogP contribution is -2.35. The summed E-state index contributed by atoms with van der Waals surface area (Å²) in [4.78, 5) is 25.0. The van der Waals surface area contributed by atoms with Crippen LogP contribution in [0.1, 0.15) is 63.9 Å². The molecular weight excluding hydrogens is 792 g/mol. The lowest BCUT2D eigenvalue weighted by Gasteiger charge is -2.32. The zero-order chi connectivity index (χ0) is 42.1. The summed E-state index contributed by atoms with van der Waals surface area (Å²) < 4.78 is 29.2. The van der Waals surface area contributed by atoms with Crippen molar-refractivity contribution in [1.82, 2.24) is 25.3 Å². The molecule has 2 aliphatic rings. The highest BCUT2D eigenvalue weighted by atomic mass is 35.5. The molecule has 2 fully saturated rings. The Balaban J connectivity index is 1.07. The number of carbonyl (C=O) groups is 2. The van der Waals surface area contributed by atoms with Crippen molar-refractivity contribution >= 4 is 46.0 Å². The number of benzene rings is 3. The van der Waals surface area contributed by atoms with E-state index in [9.17, 15) is 9.59 Å². The third-order valence-corrected chi connectivity index (χ3v) is 13.2. The molecule has 318 valence electrons. The van der Waals surface area contributed by atoms with Crippen molar-refractivity contribution in [2.45, 2.75) is 88.9 Å². The first-order valence-electron chi connectivity index (χ1n) is 20.8. The normalized spacial score (nSPS) is 20.0. The number of methoxy groups -OCH3 is 2. The predicted molar refractivity (Wildman–Crippen MR) is 234 cm³/mol. The molecule has 1 aromatic heterocycles. The number of nitrogens with one attached hydrogen (secondary N) is 2. The van der Waals surface area contributed by atoms with Gasteiger partial charge < -0.3 is 30.1 Å². The van der Waals surface area contributed by atoms with Gasteiger partial charge in [0, 0.05) is 80.2 Å². The summed E-state index contributed by atoms with van der Waals surface area (Å²) in [6.07, 6.45) is 12.5. The van der Waals surface area contributed by atoms with E-state index in [4.69, 9.17) is 42.9 Å². The van der Waals surface area contributed by atoms with Gasteiger partial charge in [0.15, 0.2) is 0 Å². The van der Waals surface area contributed by atoms with Crippen LogP contribution in [0.5, 0.6) is 5.75 Å². The summed E-state index contributed by atoms with van der Waals surface area (Å²) in [6.45, 7) is 5.38. The maximum absolute atomic E-state index is 15.7. The van der Waals surface area contributed by atoms with Crippen LogP contribution in [-0.4, -0.2) is 90.1 Å². The molecule has 4 atom stereocenters. The Hall–Kier alpha value is -4.00. The molecule has 59 heavy (non-hydrogen) atoms. The first-order valence-corrected chi connectivity index (χ1v) is 21.6. The Morgan fingerprint density at radius 1 is 1.10 bits per heavy atom. The Morgan fingerprint density at radius 2 is 1.83 bits per heavy atom. The van der Waals surface area contributed by atoms with Crippen molar-refractivity contribution in [2.24, 2.45) is 17.8 Å². The Bertz CT molecular complexity index is 2090. The van der Waals surface area contributed by atoms with Gasteiger partial charge in [0.1, 0.15) is 11.6 Å². The number of amides is 1. The van der Waals surface area contributed by atoms with Crippen LogP contribution in [0.25, 0.3) is 33.2 Å². The van der Waals surface area contributed by atoms with E-state index < -0.39 is 11.8 Å². The molecule has 0 bridgehead atoms. The number of hydrogen-bond donors (Lipinski definition) is 3. The highest BCUT2D eigenvalue weighted by Crippen LogP contribution is 2.41. The van der Waals surface area contributed by atoms with Gasteiger partial charge in [-0.3, -0.25) is 14.3 Å². The third-order valence-electron chi connectivity index (χ3n) is 12.2. The first-order chi connectivity index (χ1) is 28.4. The van der Waals surface area contributed by atoms with Crippen molar-refractivity contribution in [3.8, 4) is 28.0 Å². The monoisotopic (exact) mass is 849 g/mol. The summed E-state index contributed by atoms with van der Waals surface area (Å²) >= 11 is 14.1. The quantitative estimate of drug-likeness (QED) is 0.0597. The van der Waals surface area contributed by atoms with Gasteiger partial charge in [-0.2, -0.15) is 5.10 Å². The van der Waals surface area contributed by atoms with E-state index in [1.807, 2.05) is 65.5 Å². The number of ether oxygens (including phenoxy) is 2. The average molecular weight is 851 g/mol. The Labute approximate surface area is 357 Å². The summed E-state index contributed by atoms with van der Waals surface area (Å²) in [5.74, 6) is 0.382. The maximum Gasteiger partial charge on any atom is 0.303 e. The molecule has 4 aromatic rings. The average Bonchev–Trinajstić information content (AvgIpc) is 3.84. The zero-order valence-corrected chi connectivity index (χ0v) is 36.1. The number of carbonyl (C=O) groups excluding carboxylic acids is 1. The van der Waals surface area contributed by atoms with Gasteiger partial charge in [0.2, 0.25) is 5.91 Å². The summed E-state index contributed by atoms with van der Waals surface area (Å²) in [7, 11) is 5.43. The number of hydrogen-bond acceptors (Lipinski definition) is 7. The largest absolute Gasteiger partial charge is 0.496 e. The molecule has 0 spiro atoms. The Kier molecular flexibility index (Phi) is 15.9. The minimum absolute atomic E-state index is 0.00454. The van der Waals surface area contributed by atoms with E-state index in [0.29, 0.717) is 58.8 Å². The summed E-state index contributed by atoms with van der Waals surface area (Å²) in [5, 5.41) is 21.2. The first kappa shape index (κ1) is 44.5. The molecular formula is C46H58Cl2FN5O5. The fourth-order valence-corrected chi connectivity index (χ4v) is 9.38. The van der Waals surface area contributed by atoms with Crippen LogP contribution in [0.15, 0.2) is 66.9 Å². The topological polar surface area (TPSA) is 118 Å². The number of rotatable bonds is 20. The molecule has 1 saturated heterocycles. The van der Waals surface area contributed by atoms with E-state index in [1.54, 1.807) is 7.11 Å². The van der Waals surface area contributed by atoms with E-state index in [1.165, 1.54) is 13.2 Å². The van der Waals surface area contributed by atoms with Gasteiger partial charge in [-0.05, 0) is 86.7 Å². The molecule has 6 rings (SSSR count). The molecule has 0 radical (unpaired) electrons. The minimum Gasteiger partial charge on any atom is -0.496 e. The van der Waals surface area contributed by atoms with E-state index >= 15 is 4.39 Å². The minimum atomic E-state index is -0.688. The van der Waals surface area contributed by atoms with E-state index in [0.717, 1.165) is 73.6 Å². The van der Waals surface area contributed by atoms with Crippen LogP contribution in [0, 0.1) is 23.6 Å². The second-order valence-electron chi connectivity index (χ2n) is 16.3. The fourth-order valence-electron chi connectivity index (χ4n) is 8.78. The number of aliphatic carboxylic acids is 1. The predicted octanol–water partition coefficient (Wildman–Crippen LogP) is 8.96. The Morgan fingerprint density at radius 3 is 2.54 bits per heavy atom. The van der Waals surface area contributed by atoms with E-state index in [-0.39, 0.29) is 42.3 Å². The molecule has 1 amide bonds. The van der Waals surface area contributed by atoms with Gasteiger partial charge >= 0.3 is 5.97 Å². The highest BCUT2D eigenvalue weighted by molar-refractivity contribution is 6.36. The SMILES string of the molecule is COc1cc(-c2cccc(-c3cccc4c3cnn4C/C=C/C(Cl)[C@H](C)[C@H](CCN(C)C[C@H]3CC[C@H](CC(=O)O)CC3)OC)c2Cl)cc(F)c1CNC[C@@H]1CCC(=O)N1. The molecule has 1 aliphatic carbocycles. The number of nitrogens with zero attached hydrogens (tertiary/aromatic N) is 3. The number of allylic oxidation sites excluding steroid dienone is 2. The van der Waals surface area contributed by atoms with Crippen molar-refractivity contribution < 1.29 is 28.6 Å². The molecule has 1 unspecified atom stereocenters. The van der Waals surface area contributed by atoms with Crippen LogP contribution >= 0.6 is 23.2 Å². The molecule has 13 heteroatoms. The maximum atomic E-state index is 15.7. The molecule has 3 N–H and O–H groups in total. The lowest BCUT2D eigenvalue weighted by molar-refractivity contribution is -0.138. The van der Waals surface area contributed by atoms with Crippen molar-refractivity contribution in [2.75, 3.05) is 40.9 Å². The standard InChI is InChI=1S/C46H58Cl2FN5O5/c1-29(42(58-3)19-21-53(2)28-31-15-13-30(14-16-31)22-45(56)57)39(47)11-7-20-54-41-12-6-9-35(37(41)27-51-54)36-10-5-8-34(46(36)48)32-23-40(49)38(43(24-32)59-4)26-50-25-33-17-18-44(55)52-33/h5-12,23-24,27,29-31,33,39,42,50H,13-22,25-26,28H2,1-4H3,(H,52,55)(H,56,57)/b11-7+/t29-,30-,31-,33-,39?,42-/m0/s1. The number of carboxylic acids is 1.